The summed E-state index contributed by atoms with van der Waals surface area (Å²) in [5.74, 6) is 0. The second kappa shape index (κ2) is 9.27. The zero-order chi connectivity index (χ0) is 20.3. The highest BCUT2D eigenvalue weighted by Crippen LogP contribution is 2.30. The first-order valence-electron chi connectivity index (χ1n) is 10.6. The maximum atomic E-state index is 13.0. The molecular weight excluding hydrogens is 402 g/mol. The summed E-state index contributed by atoms with van der Waals surface area (Å²) in [6, 6.07) is 12.6. The van der Waals surface area contributed by atoms with Gasteiger partial charge in [-0.2, -0.15) is 12.7 Å². The Morgan fingerprint density at radius 2 is 1.93 bits per heavy atom. The van der Waals surface area contributed by atoms with E-state index in [1.165, 1.54) is 16.9 Å². The van der Waals surface area contributed by atoms with Gasteiger partial charge in [-0.05, 0) is 41.8 Å². The molecule has 1 atom stereocenters. The molecular formula is C22H31N3O2S2. The zero-order valence-electron chi connectivity index (χ0n) is 17.1. The molecule has 1 aliphatic carbocycles. The van der Waals surface area contributed by atoms with Crippen LogP contribution in [0.2, 0.25) is 0 Å². The van der Waals surface area contributed by atoms with Gasteiger partial charge in [0.05, 0.1) is 0 Å². The van der Waals surface area contributed by atoms with Crippen LogP contribution in [0.15, 0.2) is 41.8 Å². The predicted molar refractivity (Wildman–Crippen MR) is 119 cm³/mol. The van der Waals surface area contributed by atoms with E-state index in [-0.39, 0.29) is 12.1 Å². The molecule has 0 amide bonds. The van der Waals surface area contributed by atoms with Crippen LogP contribution >= 0.6 is 11.3 Å². The lowest BCUT2D eigenvalue weighted by Gasteiger charge is -2.36. The molecule has 0 bridgehead atoms. The summed E-state index contributed by atoms with van der Waals surface area (Å²) in [5.41, 5.74) is 2.54. The number of hydrogen-bond donors (Lipinski definition) is 1. The average molecular weight is 434 g/mol. The average Bonchev–Trinajstić information content (AvgIpc) is 3.23. The van der Waals surface area contributed by atoms with E-state index in [0.29, 0.717) is 6.54 Å². The zero-order valence-corrected chi connectivity index (χ0v) is 18.7. The van der Waals surface area contributed by atoms with Gasteiger partial charge in [0.15, 0.2) is 0 Å². The molecule has 1 N–H and O–H groups in total. The lowest BCUT2D eigenvalue weighted by Crippen LogP contribution is -2.47. The van der Waals surface area contributed by atoms with Gasteiger partial charge >= 0.3 is 0 Å². The Morgan fingerprint density at radius 1 is 1.17 bits per heavy atom. The van der Waals surface area contributed by atoms with Gasteiger partial charge in [-0.1, -0.05) is 49.6 Å². The monoisotopic (exact) mass is 433 g/mol. The Hall–Kier alpha value is -1.25. The van der Waals surface area contributed by atoms with Gasteiger partial charge < -0.3 is 0 Å². The second-order valence-corrected chi connectivity index (χ2v) is 11.0. The van der Waals surface area contributed by atoms with E-state index in [4.69, 9.17) is 0 Å². The molecule has 1 saturated carbocycles. The smallest absolute Gasteiger partial charge is 0.279 e. The first-order chi connectivity index (χ1) is 14.0. The van der Waals surface area contributed by atoms with Crippen LogP contribution in [-0.4, -0.2) is 43.8 Å². The first kappa shape index (κ1) is 21.0. The molecule has 2 heterocycles. The molecule has 1 unspecified atom stereocenters. The van der Waals surface area contributed by atoms with Gasteiger partial charge in [0, 0.05) is 43.6 Å². The van der Waals surface area contributed by atoms with Crippen molar-refractivity contribution in [2.24, 2.45) is 0 Å². The number of rotatable bonds is 7. The Kier molecular flexibility index (Phi) is 6.71. The van der Waals surface area contributed by atoms with Crippen molar-refractivity contribution in [3.8, 4) is 0 Å². The standard InChI is InChI=1S/C22H31N3O2S2/c1-24(20-10-6-3-7-11-20)29(26,27)23-16-21(18-8-4-2-5-9-18)25-14-12-22-19(17-25)13-15-28-22/h2,4-5,8-9,13,15,20-21,23H,3,6-7,10-12,14,16-17H2,1H3. The molecule has 5 nitrogen and oxygen atoms in total. The Bertz CT molecular complexity index is 892. The van der Waals surface area contributed by atoms with Crippen molar-refractivity contribution in [1.29, 1.82) is 0 Å². The van der Waals surface area contributed by atoms with Crippen molar-refractivity contribution in [2.75, 3.05) is 20.1 Å². The van der Waals surface area contributed by atoms with Crippen LogP contribution < -0.4 is 4.72 Å². The van der Waals surface area contributed by atoms with Crippen molar-refractivity contribution in [3.05, 3.63) is 57.8 Å². The fourth-order valence-electron chi connectivity index (χ4n) is 4.60. The van der Waals surface area contributed by atoms with E-state index in [1.54, 1.807) is 11.4 Å². The minimum Gasteiger partial charge on any atom is -0.290 e. The van der Waals surface area contributed by atoms with E-state index < -0.39 is 10.2 Å². The molecule has 1 aliphatic heterocycles. The Labute approximate surface area is 178 Å². The third-order valence-corrected chi connectivity index (χ3v) is 9.00. The second-order valence-electron chi connectivity index (χ2n) is 8.18. The van der Waals surface area contributed by atoms with E-state index in [1.807, 2.05) is 29.5 Å². The van der Waals surface area contributed by atoms with Gasteiger partial charge in [-0.15, -0.1) is 11.3 Å². The molecule has 0 saturated heterocycles. The third kappa shape index (κ3) is 4.91. The van der Waals surface area contributed by atoms with Crippen molar-refractivity contribution < 1.29 is 8.42 Å². The van der Waals surface area contributed by atoms with Gasteiger partial charge in [-0.3, -0.25) is 4.90 Å². The maximum Gasteiger partial charge on any atom is 0.279 e. The molecule has 7 heteroatoms. The fraction of sp³-hybridized carbons (Fsp3) is 0.545. The molecule has 0 radical (unpaired) electrons. The van der Waals surface area contributed by atoms with Crippen LogP contribution in [0.5, 0.6) is 0 Å². The van der Waals surface area contributed by atoms with Gasteiger partial charge in [-0.25, -0.2) is 4.72 Å². The highest BCUT2D eigenvalue weighted by Gasteiger charge is 2.30. The van der Waals surface area contributed by atoms with Crippen LogP contribution in [0.1, 0.15) is 54.1 Å². The summed E-state index contributed by atoms with van der Waals surface area (Å²) in [5, 5.41) is 2.16. The topological polar surface area (TPSA) is 52.7 Å². The normalized spacial score (nSPS) is 19.9. The lowest BCUT2D eigenvalue weighted by atomic mass is 9.96. The summed E-state index contributed by atoms with van der Waals surface area (Å²) < 4.78 is 30.5. The number of nitrogens with zero attached hydrogens (tertiary/aromatic N) is 2. The van der Waals surface area contributed by atoms with Crippen LogP contribution in [0, 0.1) is 0 Å². The molecule has 1 fully saturated rings. The molecule has 4 rings (SSSR count). The number of fused-ring (bicyclic) bond motifs is 1. The van der Waals surface area contributed by atoms with Crippen molar-refractivity contribution in [1.82, 2.24) is 13.9 Å². The summed E-state index contributed by atoms with van der Waals surface area (Å²) >= 11 is 1.83. The first-order valence-corrected chi connectivity index (χ1v) is 12.9. The molecule has 1 aromatic heterocycles. The largest absolute Gasteiger partial charge is 0.290 e. The maximum absolute atomic E-state index is 13.0. The molecule has 158 valence electrons. The SMILES string of the molecule is CN(C1CCCCC1)S(=O)(=O)NCC(c1ccccc1)N1CCc2sccc2C1. The number of benzene rings is 1. The van der Waals surface area contributed by atoms with E-state index in [0.717, 1.165) is 50.8 Å². The van der Waals surface area contributed by atoms with Crippen LogP contribution in [0.3, 0.4) is 0 Å². The van der Waals surface area contributed by atoms with E-state index >= 15 is 0 Å². The Morgan fingerprint density at radius 3 is 2.69 bits per heavy atom. The minimum absolute atomic E-state index is 0.0266. The quantitative estimate of drug-likeness (QED) is 0.719. The highest BCUT2D eigenvalue weighted by atomic mass is 32.2. The minimum atomic E-state index is -3.49. The van der Waals surface area contributed by atoms with Gasteiger partial charge in [0.25, 0.3) is 10.2 Å². The van der Waals surface area contributed by atoms with Crippen LogP contribution in [-0.2, 0) is 23.2 Å². The van der Waals surface area contributed by atoms with Gasteiger partial charge in [0.2, 0.25) is 0 Å². The fourth-order valence-corrected chi connectivity index (χ4v) is 6.66. The molecule has 1 aromatic carbocycles. The molecule has 0 spiro atoms. The van der Waals surface area contributed by atoms with E-state index in [2.05, 4.69) is 33.2 Å². The molecule has 29 heavy (non-hydrogen) atoms. The molecule has 2 aromatic rings. The van der Waals surface area contributed by atoms with Crippen LogP contribution in [0.25, 0.3) is 0 Å². The summed E-state index contributed by atoms with van der Waals surface area (Å²) in [4.78, 5) is 3.87. The Balaban J connectivity index is 1.49. The molecule has 2 aliphatic rings. The number of nitrogens with one attached hydrogen (secondary N) is 1. The lowest BCUT2D eigenvalue weighted by molar-refractivity contribution is 0.180. The summed E-state index contributed by atoms with van der Waals surface area (Å²) in [6.07, 6.45) is 6.42. The highest BCUT2D eigenvalue weighted by molar-refractivity contribution is 7.87. The van der Waals surface area contributed by atoms with Crippen molar-refractivity contribution in [2.45, 2.75) is 57.2 Å². The van der Waals surface area contributed by atoms with Crippen molar-refractivity contribution >= 4 is 21.5 Å². The van der Waals surface area contributed by atoms with E-state index in [9.17, 15) is 8.42 Å². The predicted octanol–water partition coefficient (Wildman–Crippen LogP) is 3.95. The third-order valence-electron chi connectivity index (χ3n) is 6.39. The van der Waals surface area contributed by atoms with Crippen molar-refractivity contribution in [3.63, 3.8) is 0 Å². The van der Waals surface area contributed by atoms with Crippen LogP contribution in [0.4, 0.5) is 0 Å². The van der Waals surface area contributed by atoms with Gasteiger partial charge in [0.1, 0.15) is 0 Å². The summed E-state index contributed by atoms with van der Waals surface area (Å²) in [7, 11) is -1.76. The number of thiophene rings is 1. The number of hydrogen-bond acceptors (Lipinski definition) is 4. The summed E-state index contributed by atoms with van der Waals surface area (Å²) in [6.45, 7) is 2.22.